The van der Waals surface area contributed by atoms with E-state index in [9.17, 15) is 19.7 Å². The normalized spacial score (nSPS) is 10.6. The van der Waals surface area contributed by atoms with Gasteiger partial charge in [0.15, 0.2) is 5.75 Å². The van der Waals surface area contributed by atoms with Gasteiger partial charge < -0.3 is 18.6 Å². The molecule has 3 aromatic rings. The molecule has 0 aliphatic heterocycles. The number of rotatable bonds is 7. The van der Waals surface area contributed by atoms with Crippen molar-refractivity contribution in [1.82, 2.24) is 0 Å². The number of carbonyl (C=O) groups excluding carboxylic acids is 1. The van der Waals surface area contributed by atoms with E-state index in [1.807, 2.05) is 0 Å². The van der Waals surface area contributed by atoms with Gasteiger partial charge in [0.05, 0.1) is 24.2 Å². The fourth-order valence-electron chi connectivity index (χ4n) is 2.75. The van der Waals surface area contributed by atoms with Crippen molar-refractivity contribution >= 4 is 22.6 Å². The topological polar surface area (TPSA) is 118 Å². The first kappa shape index (κ1) is 19.9. The van der Waals surface area contributed by atoms with Gasteiger partial charge in [0.1, 0.15) is 17.9 Å². The van der Waals surface area contributed by atoms with Gasteiger partial charge >= 0.3 is 17.3 Å². The van der Waals surface area contributed by atoms with Gasteiger partial charge in [0, 0.05) is 29.1 Å². The van der Waals surface area contributed by atoms with Crippen molar-refractivity contribution in [1.29, 1.82) is 0 Å². The summed E-state index contributed by atoms with van der Waals surface area (Å²) in [4.78, 5) is 34.7. The van der Waals surface area contributed by atoms with Gasteiger partial charge in [-0.25, -0.2) is 9.59 Å². The number of hydrogen-bond donors (Lipinski definition) is 0. The quantitative estimate of drug-likeness (QED) is 0.256. The van der Waals surface area contributed by atoms with Gasteiger partial charge in [0.25, 0.3) is 0 Å². The standard InChI is InChI=1S/C20H17NO8/c1-3-27-17-7-4-12(8-16(17)21(24)25)20(23)28-11-13-9-19(22)29-18-10-14(26-2)5-6-15(13)18/h4-10H,3,11H2,1-2H3. The number of ether oxygens (including phenoxy) is 3. The third-order valence-corrected chi connectivity index (χ3v) is 4.09. The predicted octanol–water partition coefficient (Wildman–Crippen LogP) is 3.47. The Bertz CT molecular complexity index is 1140. The zero-order chi connectivity index (χ0) is 21.0. The number of nitro benzene ring substituents is 1. The molecule has 0 spiro atoms. The van der Waals surface area contributed by atoms with E-state index in [4.69, 9.17) is 18.6 Å². The first-order valence-electron chi connectivity index (χ1n) is 8.62. The van der Waals surface area contributed by atoms with Crippen LogP contribution in [0.2, 0.25) is 0 Å². The second kappa shape index (κ2) is 8.42. The van der Waals surface area contributed by atoms with Crippen LogP contribution < -0.4 is 15.1 Å². The molecule has 29 heavy (non-hydrogen) atoms. The summed E-state index contributed by atoms with van der Waals surface area (Å²) in [7, 11) is 1.49. The molecule has 150 valence electrons. The van der Waals surface area contributed by atoms with E-state index in [-0.39, 0.29) is 30.2 Å². The Morgan fingerprint density at radius 1 is 1.17 bits per heavy atom. The lowest BCUT2D eigenvalue weighted by atomic mass is 10.1. The monoisotopic (exact) mass is 399 g/mol. The number of carbonyl (C=O) groups is 1. The van der Waals surface area contributed by atoms with Crippen LogP contribution in [0, 0.1) is 10.1 Å². The molecule has 2 aromatic carbocycles. The van der Waals surface area contributed by atoms with Crippen molar-refractivity contribution in [3.8, 4) is 11.5 Å². The maximum absolute atomic E-state index is 12.4. The second-order valence-electron chi connectivity index (χ2n) is 5.90. The van der Waals surface area contributed by atoms with Gasteiger partial charge in [-0.1, -0.05) is 0 Å². The average Bonchev–Trinajstić information content (AvgIpc) is 2.71. The number of methoxy groups -OCH3 is 1. The fraction of sp³-hybridized carbons (Fsp3) is 0.200. The SMILES string of the molecule is CCOc1ccc(C(=O)OCc2cc(=O)oc3cc(OC)ccc23)cc1[N+](=O)[O-]. The first-order valence-corrected chi connectivity index (χ1v) is 8.62. The van der Waals surface area contributed by atoms with E-state index in [1.54, 1.807) is 25.1 Å². The summed E-state index contributed by atoms with van der Waals surface area (Å²) >= 11 is 0. The fourth-order valence-corrected chi connectivity index (χ4v) is 2.75. The zero-order valence-electron chi connectivity index (χ0n) is 15.7. The van der Waals surface area contributed by atoms with Crippen molar-refractivity contribution < 1.29 is 28.3 Å². The Hall–Kier alpha value is -3.88. The molecule has 0 aliphatic rings. The molecule has 0 atom stereocenters. The summed E-state index contributed by atoms with van der Waals surface area (Å²) in [6, 6.07) is 9.96. The summed E-state index contributed by atoms with van der Waals surface area (Å²) in [6.07, 6.45) is 0. The number of benzene rings is 2. The Morgan fingerprint density at radius 2 is 1.97 bits per heavy atom. The van der Waals surface area contributed by atoms with Crippen LogP contribution in [0.4, 0.5) is 5.69 Å². The molecule has 0 saturated heterocycles. The molecular formula is C20H17NO8. The third kappa shape index (κ3) is 4.34. The molecule has 0 fully saturated rings. The number of fused-ring (bicyclic) bond motifs is 1. The van der Waals surface area contributed by atoms with Crippen molar-refractivity contribution in [3.63, 3.8) is 0 Å². The number of nitro groups is 1. The smallest absolute Gasteiger partial charge is 0.338 e. The highest BCUT2D eigenvalue weighted by atomic mass is 16.6. The molecule has 1 heterocycles. The minimum atomic E-state index is -0.772. The third-order valence-electron chi connectivity index (χ3n) is 4.09. The first-order chi connectivity index (χ1) is 13.9. The second-order valence-corrected chi connectivity index (χ2v) is 5.90. The molecule has 0 bridgehead atoms. The number of hydrogen-bond acceptors (Lipinski definition) is 8. The van der Waals surface area contributed by atoms with Crippen molar-refractivity contribution in [3.05, 3.63) is 74.1 Å². The Kier molecular flexibility index (Phi) is 5.77. The molecule has 0 amide bonds. The molecule has 0 radical (unpaired) electrons. The molecule has 1 aromatic heterocycles. The number of nitrogens with zero attached hydrogens (tertiary/aromatic N) is 1. The van der Waals surface area contributed by atoms with Crippen LogP contribution in [0.25, 0.3) is 11.0 Å². The Morgan fingerprint density at radius 3 is 2.66 bits per heavy atom. The molecule has 3 rings (SSSR count). The van der Waals surface area contributed by atoms with Crippen LogP contribution in [-0.2, 0) is 11.3 Å². The van der Waals surface area contributed by atoms with Gasteiger partial charge in [-0.15, -0.1) is 0 Å². The molecule has 9 nitrogen and oxygen atoms in total. The zero-order valence-corrected chi connectivity index (χ0v) is 15.7. The summed E-state index contributed by atoms with van der Waals surface area (Å²) in [5.74, 6) is -0.197. The van der Waals surface area contributed by atoms with Gasteiger partial charge in [0.2, 0.25) is 0 Å². The predicted molar refractivity (Wildman–Crippen MR) is 102 cm³/mol. The van der Waals surface area contributed by atoms with Crippen LogP contribution in [0.3, 0.4) is 0 Å². The van der Waals surface area contributed by atoms with Crippen LogP contribution in [0.5, 0.6) is 11.5 Å². The molecule has 0 unspecified atom stereocenters. The molecule has 9 heteroatoms. The summed E-state index contributed by atoms with van der Waals surface area (Å²) in [5.41, 5.74) is -0.214. The lowest BCUT2D eigenvalue weighted by molar-refractivity contribution is -0.385. The summed E-state index contributed by atoms with van der Waals surface area (Å²) in [5, 5.41) is 11.8. The van der Waals surface area contributed by atoms with Gasteiger partial charge in [-0.3, -0.25) is 10.1 Å². The van der Waals surface area contributed by atoms with E-state index in [0.29, 0.717) is 22.3 Å². The molecule has 0 aliphatic carbocycles. The van der Waals surface area contributed by atoms with E-state index in [2.05, 4.69) is 0 Å². The van der Waals surface area contributed by atoms with E-state index in [0.717, 1.165) is 6.07 Å². The van der Waals surface area contributed by atoms with Crippen molar-refractivity contribution in [2.45, 2.75) is 13.5 Å². The minimum Gasteiger partial charge on any atom is -0.497 e. The highest BCUT2D eigenvalue weighted by Gasteiger charge is 2.20. The van der Waals surface area contributed by atoms with Crippen LogP contribution in [-0.4, -0.2) is 24.6 Å². The lowest BCUT2D eigenvalue weighted by Crippen LogP contribution is -2.09. The maximum Gasteiger partial charge on any atom is 0.338 e. The minimum absolute atomic E-state index is 0.00547. The van der Waals surface area contributed by atoms with Gasteiger partial charge in [-0.05, 0) is 31.2 Å². The molecule has 0 saturated carbocycles. The van der Waals surface area contributed by atoms with Crippen LogP contribution in [0.1, 0.15) is 22.8 Å². The van der Waals surface area contributed by atoms with E-state index < -0.39 is 16.5 Å². The highest BCUT2D eigenvalue weighted by molar-refractivity contribution is 5.91. The van der Waals surface area contributed by atoms with E-state index >= 15 is 0 Å². The lowest BCUT2D eigenvalue weighted by Gasteiger charge is -2.09. The maximum atomic E-state index is 12.4. The van der Waals surface area contributed by atoms with Crippen molar-refractivity contribution in [2.75, 3.05) is 13.7 Å². The average molecular weight is 399 g/mol. The van der Waals surface area contributed by atoms with Crippen LogP contribution >= 0.6 is 0 Å². The summed E-state index contributed by atoms with van der Waals surface area (Å²) in [6.45, 7) is 1.73. The number of esters is 1. The van der Waals surface area contributed by atoms with Crippen LogP contribution in [0.15, 0.2) is 51.7 Å². The van der Waals surface area contributed by atoms with E-state index in [1.165, 1.54) is 25.3 Å². The van der Waals surface area contributed by atoms with Gasteiger partial charge in [-0.2, -0.15) is 0 Å². The van der Waals surface area contributed by atoms with Crippen molar-refractivity contribution in [2.24, 2.45) is 0 Å². The largest absolute Gasteiger partial charge is 0.497 e. The Balaban J connectivity index is 1.85. The Labute approximate surface area is 164 Å². The molecular weight excluding hydrogens is 382 g/mol. The summed E-state index contributed by atoms with van der Waals surface area (Å²) < 4.78 is 20.7. The molecule has 0 N–H and O–H groups in total. The highest BCUT2D eigenvalue weighted by Crippen LogP contribution is 2.28.